The van der Waals surface area contributed by atoms with Crippen LogP contribution in [-0.2, 0) is 11.3 Å². The number of ether oxygens (including phenoxy) is 1. The van der Waals surface area contributed by atoms with Crippen LogP contribution in [0.3, 0.4) is 0 Å². The van der Waals surface area contributed by atoms with Crippen molar-refractivity contribution in [3.8, 4) is 0 Å². The van der Waals surface area contributed by atoms with Crippen molar-refractivity contribution in [2.75, 3.05) is 13.2 Å². The number of nitrogens with one attached hydrogen (secondary N) is 1. The summed E-state index contributed by atoms with van der Waals surface area (Å²) in [6, 6.07) is 0.0631. The fraction of sp³-hybridized carbons (Fsp3) is 0.692. The zero-order valence-electron chi connectivity index (χ0n) is 12.2. The van der Waals surface area contributed by atoms with E-state index in [0.717, 1.165) is 12.1 Å². The molecule has 1 heterocycles. The lowest BCUT2D eigenvalue weighted by atomic mass is 10.1. The normalized spacial score (nSPS) is 13.7. The van der Waals surface area contributed by atoms with Crippen LogP contribution in [0.2, 0.25) is 0 Å². The Morgan fingerprint density at radius 1 is 1.38 bits per heavy atom. The quantitative estimate of drug-likeness (QED) is 0.750. The van der Waals surface area contributed by atoms with Crippen LogP contribution in [0.5, 0.6) is 0 Å². The molecule has 0 amide bonds. The van der Waals surface area contributed by atoms with Crippen molar-refractivity contribution in [2.45, 2.75) is 45.8 Å². The minimum absolute atomic E-state index is 0.0631. The Bertz CT molecular complexity index is 457. The van der Waals surface area contributed by atoms with E-state index in [1.807, 2.05) is 13.8 Å². The highest BCUT2D eigenvalue weighted by Crippen LogP contribution is 2.23. The predicted octanol–water partition coefficient (Wildman–Crippen LogP) is 2.87. The first-order valence-electron chi connectivity index (χ1n) is 6.57. The maximum atomic E-state index is 12.7. The van der Waals surface area contributed by atoms with E-state index < -0.39 is 19.0 Å². The Morgan fingerprint density at radius 3 is 2.57 bits per heavy atom. The number of nitrogens with zero attached hydrogens (tertiary/aromatic N) is 2. The van der Waals surface area contributed by atoms with Gasteiger partial charge in [0, 0.05) is 23.5 Å². The average molecular weight is 309 g/mol. The second kappa shape index (κ2) is 7.65. The standard InChI is InChI=1S/C13H19F4N3O/c1-4-18-8(2)10-5-19-11(20-9(10)3)6-21-7-13(16,17)12(14)15/h5,8,12,18H,4,6-7H2,1-3H3. The number of halogens is 4. The molecule has 0 aliphatic carbocycles. The minimum Gasteiger partial charge on any atom is -0.367 e. The summed E-state index contributed by atoms with van der Waals surface area (Å²) in [7, 11) is 0. The number of hydrogen-bond donors (Lipinski definition) is 1. The van der Waals surface area contributed by atoms with Gasteiger partial charge in [0.05, 0.1) is 0 Å². The molecule has 120 valence electrons. The smallest absolute Gasteiger partial charge is 0.330 e. The molecule has 4 nitrogen and oxygen atoms in total. The molecule has 0 fully saturated rings. The molecule has 0 bridgehead atoms. The van der Waals surface area contributed by atoms with Gasteiger partial charge in [-0.2, -0.15) is 8.78 Å². The maximum Gasteiger partial charge on any atom is 0.330 e. The SMILES string of the molecule is CCNC(C)c1cnc(COCC(F)(F)C(F)F)nc1C. The summed E-state index contributed by atoms with van der Waals surface area (Å²) in [5, 5.41) is 3.20. The molecule has 0 aliphatic rings. The van der Waals surface area contributed by atoms with E-state index in [9.17, 15) is 17.6 Å². The summed E-state index contributed by atoms with van der Waals surface area (Å²) in [5.74, 6) is -3.97. The molecule has 0 radical (unpaired) electrons. The minimum atomic E-state index is -4.16. The van der Waals surface area contributed by atoms with Crippen molar-refractivity contribution < 1.29 is 22.3 Å². The van der Waals surface area contributed by atoms with Crippen molar-refractivity contribution in [1.82, 2.24) is 15.3 Å². The molecule has 0 saturated carbocycles. The van der Waals surface area contributed by atoms with Gasteiger partial charge in [0.1, 0.15) is 13.2 Å². The zero-order chi connectivity index (χ0) is 16.0. The van der Waals surface area contributed by atoms with Crippen LogP contribution in [-0.4, -0.2) is 35.5 Å². The van der Waals surface area contributed by atoms with E-state index in [2.05, 4.69) is 20.0 Å². The largest absolute Gasteiger partial charge is 0.367 e. The van der Waals surface area contributed by atoms with Crippen LogP contribution >= 0.6 is 0 Å². The van der Waals surface area contributed by atoms with Crippen molar-refractivity contribution >= 4 is 0 Å². The van der Waals surface area contributed by atoms with Gasteiger partial charge in [-0.25, -0.2) is 18.7 Å². The summed E-state index contributed by atoms with van der Waals surface area (Å²) in [6.07, 6.45) is -2.16. The molecule has 8 heteroatoms. The first kappa shape index (κ1) is 17.8. The lowest BCUT2D eigenvalue weighted by Crippen LogP contribution is -2.32. The first-order chi connectivity index (χ1) is 9.77. The summed E-state index contributed by atoms with van der Waals surface area (Å²) < 4.78 is 53.8. The molecule has 21 heavy (non-hydrogen) atoms. The molecule has 0 spiro atoms. The molecule has 1 rings (SSSR count). The van der Waals surface area contributed by atoms with Gasteiger partial charge < -0.3 is 10.1 Å². The highest BCUT2D eigenvalue weighted by molar-refractivity contribution is 5.19. The van der Waals surface area contributed by atoms with Crippen LogP contribution in [0, 0.1) is 6.92 Å². The Balaban J connectivity index is 2.60. The van der Waals surface area contributed by atoms with Gasteiger partial charge in [-0.15, -0.1) is 0 Å². The summed E-state index contributed by atoms with van der Waals surface area (Å²) >= 11 is 0. The molecular weight excluding hydrogens is 290 g/mol. The molecule has 0 saturated heterocycles. The van der Waals surface area contributed by atoms with Gasteiger partial charge in [-0.3, -0.25) is 0 Å². The van der Waals surface area contributed by atoms with E-state index in [1.165, 1.54) is 0 Å². The average Bonchev–Trinajstić information content (AvgIpc) is 2.38. The highest BCUT2D eigenvalue weighted by atomic mass is 19.3. The Hall–Kier alpha value is -1.28. The third-order valence-corrected chi connectivity index (χ3v) is 2.89. The number of alkyl halides is 4. The Morgan fingerprint density at radius 2 is 2.05 bits per heavy atom. The van der Waals surface area contributed by atoms with Crippen LogP contribution in [0.25, 0.3) is 0 Å². The number of aromatic nitrogens is 2. The molecule has 0 aromatic carbocycles. The van der Waals surface area contributed by atoms with Gasteiger partial charge in [0.25, 0.3) is 0 Å². The lowest BCUT2D eigenvalue weighted by molar-refractivity contribution is -0.168. The molecule has 1 unspecified atom stereocenters. The van der Waals surface area contributed by atoms with Gasteiger partial charge in [-0.1, -0.05) is 6.92 Å². The second-order valence-electron chi connectivity index (χ2n) is 4.66. The van der Waals surface area contributed by atoms with Crippen LogP contribution in [0.1, 0.15) is 37.0 Å². The highest BCUT2D eigenvalue weighted by Gasteiger charge is 2.41. The van der Waals surface area contributed by atoms with E-state index in [0.29, 0.717) is 5.69 Å². The third-order valence-electron chi connectivity index (χ3n) is 2.89. The van der Waals surface area contributed by atoms with Crippen molar-refractivity contribution in [3.05, 3.63) is 23.3 Å². The fourth-order valence-electron chi connectivity index (χ4n) is 1.78. The maximum absolute atomic E-state index is 12.7. The molecule has 1 atom stereocenters. The monoisotopic (exact) mass is 309 g/mol. The summed E-state index contributed by atoms with van der Waals surface area (Å²) in [5.41, 5.74) is 1.58. The summed E-state index contributed by atoms with van der Waals surface area (Å²) in [6.45, 7) is 4.78. The summed E-state index contributed by atoms with van der Waals surface area (Å²) in [4.78, 5) is 8.13. The molecule has 0 aliphatic heterocycles. The topological polar surface area (TPSA) is 47.0 Å². The zero-order valence-corrected chi connectivity index (χ0v) is 12.2. The van der Waals surface area contributed by atoms with Crippen molar-refractivity contribution in [1.29, 1.82) is 0 Å². The lowest BCUT2D eigenvalue weighted by Gasteiger charge is -2.16. The third kappa shape index (κ3) is 5.20. The van der Waals surface area contributed by atoms with E-state index in [1.54, 1.807) is 13.1 Å². The molecular formula is C13H19F4N3O. The van der Waals surface area contributed by atoms with E-state index in [4.69, 9.17) is 0 Å². The Kier molecular flexibility index (Phi) is 6.47. The van der Waals surface area contributed by atoms with Crippen LogP contribution in [0.15, 0.2) is 6.20 Å². The van der Waals surface area contributed by atoms with Gasteiger partial charge in [0.15, 0.2) is 5.82 Å². The van der Waals surface area contributed by atoms with Gasteiger partial charge >= 0.3 is 12.3 Å². The van der Waals surface area contributed by atoms with Crippen molar-refractivity contribution in [2.24, 2.45) is 0 Å². The number of aryl methyl sites for hydroxylation is 1. The van der Waals surface area contributed by atoms with Crippen LogP contribution in [0.4, 0.5) is 17.6 Å². The predicted molar refractivity (Wildman–Crippen MR) is 69.5 cm³/mol. The molecule has 1 aromatic heterocycles. The second-order valence-corrected chi connectivity index (χ2v) is 4.66. The van der Waals surface area contributed by atoms with Crippen molar-refractivity contribution in [3.63, 3.8) is 0 Å². The molecule has 1 N–H and O–H groups in total. The number of hydrogen-bond acceptors (Lipinski definition) is 4. The first-order valence-corrected chi connectivity index (χ1v) is 6.57. The van der Waals surface area contributed by atoms with E-state index >= 15 is 0 Å². The van der Waals surface area contributed by atoms with E-state index in [-0.39, 0.29) is 18.5 Å². The van der Waals surface area contributed by atoms with Gasteiger partial charge in [-0.05, 0) is 20.4 Å². The fourth-order valence-corrected chi connectivity index (χ4v) is 1.78. The number of rotatable bonds is 8. The van der Waals surface area contributed by atoms with Crippen LogP contribution < -0.4 is 5.32 Å². The van der Waals surface area contributed by atoms with Gasteiger partial charge in [0.2, 0.25) is 0 Å². The Labute approximate surface area is 120 Å². The molecule has 1 aromatic rings.